The molecule has 1 aliphatic heterocycles. The molecule has 0 saturated carbocycles. The number of hydrogen-bond donors (Lipinski definition) is 1. The van der Waals surface area contributed by atoms with E-state index in [0.717, 1.165) is 31.7 Å². The van der Waals surface area contributed by atoms with Gasteiger partial charge < -0.3 is 15.1 Å². The average molecular weight is 361 g/mol. The van der Waals surface area contributed by atoms with Crippen molar-refractivity contribution in [2.75, 3.05) is 45.6 Å². The number of hydrogen-bond acceptors (Lipinski definition) is 5. The average Bonchev–Trinajstić information content (AvgIpc) is 2.61. The van der Waals surface area contributed by atoms with Gasteiger partial charge in [-0.2, -0.15) is 0 Å². The Hall–Kier alpha value is -1.95. The summed E-state index contributed by atoms with van der Waals surface area (Å²) in [5.41, 5.74) is 0.583. The topological polar surface area (TPSA) is 65.5 Å². The third kappa shape index (κ3) is 6.09. The molecule has 1 fully saturated rings. The fourth-order valence-electron chi connectivity index (χ4n) is 3.21. The Kier molecular flexibility index (Phi) is 7.57. The van der Waals surface area contributed by atoms with Crippen LogP contribution in [0.25, 0.3) is 0 Å². The van der Waals surface area contributed by atoms with E-state index >= 15 is 0 Å². The molecule has 2 rings (SSSR count). The molecule has 1 aromatic heterocycles. The lowest BCUT2D eigenvalue weighted by Gasteiger charge is -2.32. The van der Waals surface area contributed by atoms with Crippen molar-refractivity contribution in [3.05, 3.63) is 23.9 Å². The van der Waals surface area contributed by atoms with E-state index in [1.165, 1.54) is 0 Å². The number of carbonyl (C=O) groups excluding carboxylic acids is 2. The summed E-state index contributed by atoms with van der Waals surface area (Å²) in [7, 11) is 4.04. The van der Waals surface area contributed by atoms with Gasteiger partial charge in [-0.05, 0) is 45.0 Å². The fourth-order valence-corrected chi connectivity index (χ4v) is 3.21. The number of ketones is 1. The summed E-state index contributed by atoms with van der Waals surface area (Å²) in [6, 6.07) is 3.65. The number of nitrogens with one attached hydrogen (secondary N) is 1. The van der Waals surface area contributed by atoms with Crippen LogP contribution in [0.1, 0.15) is 43.5 Å². The highest BCUT2D eigenvalue weighted by molar-refractivity contribution is 5.94. The number of piperidine rings is 1. The molecule has 0 radical (unpaired) electrons. The minimum atomic E-state index is -0.0283. The van der Waals surface area contributed by atoms with Crippen LogP contribution in [0.4, 0.5) is 5.82 Å². The molecular formula is C20H32N4O2. The summed E-state index contributed by atoms with van der Waals surface area (Å²) < 4.78 is 0. The lowest BCUT2D eigenvalue weighted by Crippen LogP contribution is -2.42. The van der Waals surface area contributed by atoms with Crippen LogP contribution in [0.15, 0.2) is 18.3 Å². The van der Waals surface area contributed by atoms with Crippen molar-refractivity contribution >= 4 is 17.5 Å². The number of carbonyl (C=O) groups is 2. The zero-order valence-electron chi connectivity index (χ0n) is 16.5. The minimum absolute atomic E-state index is 0.0185. The maximum atomic E-state index is 12.8. The number of Topliss-reactive ketones (excluding diaryl/α,β-unsaturated/α-hetero) is 1. The summed E-state index contributed by atoms with van der Waals surface area (Å²) in [5.74, 6) is 1.38. The van der Waals surface area contributed by atoms with E-state index in [2.05, 4.69) is 29.0 Å². The second-order valence-corrected chi connectivity index (χ2v) is 7.82. The second kappa shape index (κ2) is 9.67. The van der Waals surface area contributed by atoms with Crippen LogP contribution >= 0.6 is 0 Å². The quantitative estimate of drug-likeness (QED) is 0.772. The molecule has 26 heavy (non-hydrogen) atoms. The third-order valence-electron chi connectivity index (χ3n) is 4.65. The molecule has 0 bridgehead atoms. The molecule has 2 heterocycles. The first kappa shape index (κ1) is 20.4. The lowest BCUT2D eigenvalue weighted by molar-refractivity contribution is -0.124. The Morgan fingerprint density at radius 2 is 2.12 bits per heavy atom. The number of likely N-dealkylation sites (tertiary alicyclic amines) is 1. The van der Waals surface area contributed by atoms with Gasteiger partial charge in [-0.15, -0.1) is 0 Å². The summed E-state index contributed by atoms with van der Waals surface area (Å²) in [5, 5.41) is 3.24. The normalized spacial score (nSPS) is 17.6. The summed E-state index contributed by atoms with van der Waals surface area (Å²) in [6.07, 6.45) is 4.00. The van der Waals surface area contributed by atoms with E-state index in [1.54, 1.807) is 6.20 Å². The monoisotopic (exact) mass is 360 g/mol. The van der Waals surface area contributed by atoms with Gasteiger partial charge >= 0.3 is 0 Å². The van der Waals surface area contributed by atoms with Crippen LogP contribution in [-0.2, 0) is 4.79 Å². The number of pyridine rings is 1. The molecule has 1 N–H and O–H groups in total. The highest BCUT2D eigenvalue weighted by Crippen LogP contribution is 2.22. The van der Waals surface area contributed by atoms with E-state index in [9.17, 15) is 9.59 Å². The van der Waals surface area contributed by atoms with Crippen LogP contribution in [0.2, 0.25) is 0 Å². The number of nitrogens with zero attached hydrogens (tertiary/aromatic N) is 3. The summed E-state index contributed by atoms with van der Waals surface area (Å²) >= 11 is 0. The van der Waals surface area contributed by atoms with Gasteiger partial charge in [0.2, 0.25) is 0 Å². The van der Waals surface area contributed by atoms with Crippen LogP contribution in [0.5, 0.6) is 0 Å². The van der Waals surface area contributed by atoms with Gasteiger partial charge in [-0.3, -0.25) is 9.59 Å². The number of aromatic nitrogens is 1. The van der Waals surface area contributed by atoms with Crippen LogP contribution in [0, 0.1) is 11.8 Å². The minimum Gasteiger partial charge on any atom is -0.369 e. The summed E-state index contributed by atoms with van der Waals surface area (Å²) in [6.45, 7) is 7.09. The molecule has 1 unspecified atom stereocenters. The molecular weight excluding hydrogens is 328 g/mol. The maximum absolute atomic E-state index is 12.8. The van der Waals surface area contributed by atoms with Crippen molar-refractivity contribution in [3.63, 3.8) is 0 Å². The largest absolute Gasteiger partial charge is 0.369 e. The molecule has 0 aliphatic carbocycles. The first-order chi connectivity index (χ1) is 12.4. The highest BCUT2D eigenvalue weighted by atomic mass is 16.2. The summed E-state index contributed by atoms with van der Waals surface area (Å²) in [4.78, 5) is 33.3. The Morgan fingerprint density at radius 3 is 2.73 bits per heavy atom. The zero-order valence-corrected chi connectivity index (χ0v) is 16.5. The van der Waals surface area contributed by atoms with Gasteiger partial charge in [0.25, 0.3) is 5.91 Å². The van der Waals surface area contributed by atoms with Gasteiger partial charge in [0, 0.05) is 44.7 Å². The SMILES string of the molecule is CC(C)CC(=O)C1CCCN(C(=O)c2ccc(NCCN(C)C)nc2)C1. The first-order valence-corrected chi connectivity index (χ1v) is 9.53. The van der Waals surface area contributed by atoms with E-state index in [0.29, 0.717) is 31.0 Å². The van der Waals surface area contributed by atoms with Crippen molar-refractivity contribution in [2.24, 2.45) is 11.8 Å². The number of amides is 1. The predicted molar refractivity (Wildman–Crippen MR) is 104 cm³/mol. The van der Waals surface area contributed by atoms with Crippen molar-refractivity contribution in [3.8, 4) is 0 Å². The lowest BCUT2D eigenvalue weighted by atomic mass is 9.89. The number of rotatable bonds is 8. The molecule has 6 heteroatoms. The van der Waals surface area contributed by atoms with Gasteiger partial charge in [0.1, 0.15) is 11.6 Å². The highest BCUT2D eigenvalue weighted by Gasteiger charge is 2.29. The Labute approximate surface area is 157 Å². The standard InChI is InChI=1S/C20H32N4O2/c1-15(2)12-18(25)17-6-5-10-24(14-17)20(26)16-7-8-19(22-13-16)21-9-11-23(3)4/h7-8,13,15,17H,5-6,9-12,14H2,1-4H3,(H,21,22). The van der Waals surface area contributed by atoms with Gasteiger partial charge in [0.05, 0.1) is 5.56 Å². The number of likely N-dealkylation sites (N-methyl/N-ethyl adjacent to an activating group) is 1. The van der Waals surface area contributed by atoms with Gasteiger partial charge in [-0.1, -0.05) is 13.8 Å². The third-order valence-corrected chi connectivity index (χ3v) is 4.65. The van der Waals surface area contributed by atoms with Gasteiger partial charge in [-0.25, -0.2) is 4.98 Å². The Morgan fingerprint density at radius 1 is 1.35 bits per heavy atom. The Bertz CT molecular complexity index is 598. The molecule has 0 spiro atoms. The molecule has 1 saturated heterocycles. The molecule has 1 aliphatic rings. The fraction of sp³-hybridized carbons (Fsp3) is 0.650. The molecule has 6 nitrogen and oxygen atoms in total. The van der Waals surface area contributed by atoms with Crippen molar-refractivity contribution in [1.29, 1.82) is 0 Å². The van der Waals surface area contributed by atoms with Crippen molar-refractivity contribution < 1.29 is 9.59 Å². The van der Waals surface area contributed by atoms with E-state index in [-0.39, 0.29) is 17.6 Å². The zero-order chi connectivity index (χ0) is 19.1. The molecule has 0 aromatic carbocycles. The second-order valence-electron chi connectivity index (χ2n) is 7.82. The molecule has 144 valence electrons. The number of anilines is 1. The van der Waals surface area contributed by atoms with Crippen LogP contribution in [-0.4, -0.2) is 66.7 Å². The van der Waals surface area contributed by atoms with Crippen LogP contribution < -0.4 is 5.32 Å². The van der Waals surface area contributed by atoms with Crippen LogP contribution in [0.3, 0.4) is 0 Å². The van der Waals surface area contributed by atoms with Crippen molar-refractivity contribution in [2.45, 2.75) is 33.1 Å². The van der Waals surface area contributed by atoms with E-state index in [1.807, 2.05) is 31.1 Å². The van der Waals surface area contributed by atoms with Gasteiger partial charge in [0.15, 0.2) is 0 Å². The predicted octanol–water partition coefficient (Wildman–Crippen LogP) is 2.52. The molecule has 1 atom stereocenters. The first-order valence-electron chi connectivity index (χ1n) is 9.53. The smallest absolute Gasteiger partial charge is 0.255 e. The van der Waals surface area contributed by atoms with E-state index in [4.69, 9.17) is 0 Å². The Balaban J connectivity index is 1.92. The maximum Gasteiger partial charge on any atom is 0.255 e. The molecule has 1 amide bonds. The van der Waals surface area contributed by atoms with Crippen molar-refractivity contribution in [1.82, 2.24) is 14.8 Å². The molecule has 1 aromatic rings. The van der Waals surface area contributed by atoms with E-state index < -0.39 is 0 Å².